The molecule has 2 heterocycles. The van der Waals surface area contributed by atoms with Crippen molar-refractivity contribution in [1.82, 2.24) is 0 Å². The van der Waals surface area contributed by atoms with E-state index in [-0.39, 0.29) is 0 Å². The van der Waals surface area contributed by atoms with Crippen molar-refractivity contribution < 1.29 is 8.83 Å². The topological polar surface area (TPSA) is 29.5 Å². The third-order valence-corrected chi connectivity index (χ3v) is 5.87. The molecule has 2 radical (unpaired) electrons. The summed E-state index contributed by atoms with van der Waals surface area (Å²) in [5, 5.41) is 4.51. The van der Waals surface area contributed by atoms with Crippen molar-refractivity contribution in [2.24, 2.45) is 0 Å². The standard InChI is InChI=1S/C24H14NO2.Al/c1-3-7-21-17(5-1)19-13-15(9-11-23(19)26-21)25-16-10-12-24-20(14-16)18-6-2-4-8-22(18)27-24;/h1-14H;/q-1;+1. The number of anilines is 2. The van der Waals surface area contributed by atoms with E-state index < -0.39 is 0 Å². The first-order valence-electron chi connectivity index (χ1n) is 9.15. The van der Waals surface area contributed by atoms with Crippen LogP contribution in [0.25, 0.3) is 43.9 Å². The minimum absolute atomic E-state index is 0.902. The number of hydrogen-bond acceptors (Lipinski definition) is 3. The van der Waals surface area contributed by atoms with Crippen LogP contribution in [0.3, 0.4) is 0 Å². The lowest BCUT2D eigenvalue weighted by Gasteiger charge is -2.22. The predicted molar refractivity (Wildman–Crippen MR) is 115 cm³/mol. The van der Waals surface area contributed by atoms with Crippen molar-refractivity contribution in [3.8, 4) is 0 Å². The van der Waals surface area contributed by atoms with Gasteiger partial charge in [0.1, 0.15) is 22.3 Å². The van der Waals surface area contributed by atoms with E-state index in [4.69, 9.17) is 8.83 Å². The predicted octanol–water partition coefficient (Wildman–Crippen LogP) is 6.71. The first kappa shape index (κ1) is 15.8. The van der Waals surface area contributed by atoms with Gasteiger partial charge in [-0.2, -0.15) is 0 Å². The van der Waals surface area contributed by atoms with Gasteiger partial charge in [-0.15, -0.1) is 0 Å². The molecule has 4 aromatic carbocycles. The molecule has 0 unspecified atom stereocenters. The number of furan rings is 2. The second-order valence-corrected chi connectivity index (χ2v) is 7.44. The summed E-state index contributed by atoms with van der Waals surface area (Å²) in [5.41, 5.74) is 5.79. The van der Waals surface area contributed by atoms with Gasteiger partial charge in [0, 0.05) is 32.9 Å². The summed E-state index contributed by atoms with van der Waals surface area (Å²) in [4.78, 5) is 0. The Labute approximate surface area is 169 Å². The van der Waals surface area contributed by atoms with Gasteiger partial charge in [-0.25, -0.2) is 0 Å². The summed E-state index contributed by atoms with van der Waals surface area (Å²) >= 11 is 2.82. The summed E-state index contributed by atoms with van der Waals surface area (Å²) in [6, 6.07) is 28.9. The maximum Gasteiger partial charge on any atom is 0.318 e. The number of benzene rings is 4. The van der Waals surface area contributed by atoms with E-state index >= 15 is 0 Å². The van der Waals surface area contributed by atoms with Crippen molar-refractivity contribution in [3.63, 3.8) is 0 Å². The molecule has 6 rings (SSSR count). The Hall–Kier alpha value is -3.19. The summed E-state index contributed by atoms with van der Waals surface area (Å²) in [7, 11) is 0. The highest BCUT2D eigenvalue weighted by molar-refractivity contribution is 6.23. The molecule has 28 heavy (non-hydrogen) atoms. The third kappa shape index (κ3) is 2.29. The number of hydrogen-bond donors (Lipinski definition) is 0. The molecule has 130 valence electrons. The molecule has 0 fully saturated rings. The summed E-state index contributed by atoms with van der Waals surface area (Å²) in [5.74, 6) is 0. The molecule has 0 atom stereocenters. The highest BCUT2D eigenvalue weighted by atomic mass is 27.1. The molecular weight excluding hydrogens is 361 g/mol. The van der Waals surface area contributed by atoms with Crippen LogP contribution in [-0.2, 0) is 0 Å². The number of nitrogens with zero attached hydrogens (tertiary/aromatic N) is 1. The van der Waals surface area contributed by atoms with E-state index in [0.717, 1.165) is 55.3 Å². The van der Waals surface area contributed by atoms with Gasteiger partial charge in [0.05, 0.1) is 0 Å². The Balaban J connectivity index is 1.50. The summed E-state index contributed by atoms with van der Waals surface area (Å²) in [6.07, 6.45) is 0. The van der Waals surface area contributed by atoms with Crippen LogP contribution < -0.4 is 3.88 Å². The fraction of sp³-hybridized carbons (Fsp3) is 0. The highest BCUT2D eigenvalue weighted by Gasteiger charge is 2.12. The number of para-hydroxylation sites is 2. The molecule has 0 N–H and O–H groups in total. The van der Waals surface area contributed by atoms with Gasteiger partial charge >= 0.3 is 16.5 Å². The molecule has 4 heteroatoms. The van der Waals surface area contributed by atoms with E-state index in [1.54, 1.807) is 0 Å². The Kier molecular flexibility index (Phi) is 3.34. The molecule has 0 amide bonds. The maximum atomic E-state index is 5.95. The van der Waals surface area contributed by atoms with Gasteiger partial charge < -0.3 is 12.7 Å². The van der Waals surface area contributed by atoms with Crippen LogP contribution in [0.15, 0.2) is 93.8 Å². The first-order valence-corrected chi connectivity index (χ1v) is 9.67. The van der Waals surface area contributed by atoms with Gasteiger partial charge in [-0.1, -0.05) is 36.4 Å². The molecule has 6 aromatic rings. The van der Waals surface area contributed by atoms with Crippen LogP contribution >= 0.6 is 0 Å². The quantitative estimate of drug-likeness (QED) is 0.315. The molecule has 0 saturated carbocycles. The average Bonchev–Trinajstić information content (AvgIpc) is 3.30. The summed E-state index contributed by atoms with van der Waals surface area (Å²) in [6.45, 7) is 0. The van der Waals surface area contributed by atoms with Crippen LogP contribution in [0.1, 0.15) is 0 Å². The third-order valence-electron chi connectivity index (χ3n) is 5.28. The van der Waals surface area contributed by atoms with Gasteiger partial charge in [-0.05, 0) is 48.5 Å². The van der Waals surface area contributed by atoms with Crippen LogP contribution in [0.4, 0.5) is 11.4 Å². The molecule has 0 aliphatic heterocycles. The molecular formula is C24H14AlNO2. The lowest BCUT2D eigenvalue weighted by atomic mass is 10.1. The monoisotopic (exact) mass is 375 g/mol. The zero-order valence-corrected chi connectivity index (χ0v) is 16.1. The molecule has 0 bridgehead atoms. The minimum Gasteiger partial charge on any atom is -0.456 e. The van der Waals surface area contributed by atoms with Crippen LogP contribution in [0, 0.1) is 0 Å². The average molecular weight is 375 g/mol. The van der Waals surface area contributed by atoms with Gasteiger partial charge in [0.2, 0.25) is 0 Å². The fourth-order valence-corrected chi connectivity index (χ4v) is 4.20. The van der Waals surface area contributed by atoms with Crippen LogP contribution in [-0.4, -0.2) is 16.5 Å². The van der Waals surface area contributed by atoms with Gasteiger partial charge in [0.25, 0.3) is 0 Å². The van der Waals surface area contributed by atoms with E-state index in [9.17, 15) is 0 Å². The zero-order valence-electron chi connectivity index (χ0n) is 14.9. The van der Waals surface area contributed by atoms with Crippen LogP contribution in [0.2, 0.25) is 0 Å². The number of fused-ring (bicyclic) bond motifs is 6. The minimum atomic E-state index is 0.902. The van der Waals surface area contributed by atoms with Gasteiger partial charge in [0.15, 0.2) is 0 Å². The Morgan fingerprint density at radius 1 is 0.500 bits per heavy atom. The lowest BCUT2D eigenvalue weighted by molar-refractivity contribution is 0.668. The SMILES string of the molecule is [Al][N](c1ccc2oc3ccccc3c2c1)c1ccc2oc3ccccc3c2c1. The van der Waals surface area contributed by atoms with E-state index in [1.165, 1.54) is 0 Å². The first-order chi connectivity index (χ1) is 13.8. The lowest BCUT2D eigenvalue weighted by Crippen LogP contribution is -2.11. The second-order valence-electron chi connectivity index (χ2n) is 6.93. The normalized spacial score (nSPS) is 11.7. The number of rotatable bonds is 2. The molecule has 2 aromatic heterocycles. The molecule has 0 aliphatic rings. The van der Waals surface area contributed by atoms with E-state index in [2.05, 4.69) is 56.8 Å². The molecule has 0 aliphatic carbocycles. The molecule has 0 saturated heterocycles. The molecule has 3 nitrogen and oxygen atoms in total. The Morgan fingerprint density at radius 2 is 0.929 bits per heavy atom. The van der Waals surface area contributed by atoms with Crippen molar-refractivity contribution in [2.45, 2.75) is 0 Å². The van der Waals surface area contributed by atoms with Crippen LogP contribution in [0.5, 0.6) is 0 Å². The second kappa shape index (κ2) is 5.90. The van der Waals surface area contributed by atoms with E-state index in [1.807, 2.05) is 48.5 Å². The maximum absolute atomic E-state index is 5.95. The smallest absolute Gasteiger partial charge is 0.318 e. The Morgan fingerprint density at radius 3 is 1.43 bits per heavy atom. The highest BCUT2D eigenvalue weighted by Crippen LogP contribution is 2.36. The van der Waals surface area contributed by atoms with Crippen molar-refractivity contribution >= 4 is 71.8 Å². The van der Waals surface area contributed by atoms with E-state index in [0.29, 0.717) is 0 Å². The fourth-order valence-electron chi connectivity index (χ4n) is 3.88. The zero-order chi connectivity index (χ0) is 18.7. The van der Waals surface area contributed by atoms with Crippen molar-refractivity contribution in [1.29, 1.82) is 0 Å². The Bertz CT molecular complexity index is 1380. The summed E-state index contributed by atoms with van der Waals surface area (Å²) < 4.78 is 14.0. The molecule has 0 spiro atoms. The van der Waals surface area contributed by atoms with Gasteiger partial charge in [-0.3, -0.25) is 0 Å². The largest absolute Gasteiger partial charge is 0.456 e. The van der Waals surface area contributed by atoms with Crippen molar-refractivity contribution in [2.75, 3.05) is 3.88 Å². The van der Waals surface area contributed by atoms with Crippen molar-refractivity contribution in [3.05, 3.63) is 84.9 Å².